The van der Waals surface area contributed by atoms with Crippen molar-refractivity contribution in [3.05, 3.63) is 58.3 Å². The van der Waals surface area contributed by atoms with Gasteiger partial charge < -0.3 is 15.3 Å². The molecule has 0 aliphatic rings. The first-order chi connectivity index (χ1) is 11.5. The van der Waals surface area contributed by atoms with Crippen molar-refractivity contribution in [1.29, 1.82) is 0 Å². The lowest BCUT2D eigenvalue weighted by molar-refractivity contribution is -0.122. The Hall–Kier alpha value is -2.18. The third-order valence-electron chi connectivity index (χ3n) is 3.63. The van der Waals surface area contributed by atoms with Crippen molar-refractivity contribution in [2.24, 2.45) is 0 Å². The lowest BCUT2D eigenvalue weighted by atomic mass is 10.0. The normalized spacial score (nSPS) is 13.1. The molecule has 0 fully saturated rings. The van der Waals surface area contributed by atoms with Crippen molar-refractivity contribution in [3.8, 4) is 0 Å². The summed E-state index contributed by atoms with van der Waals surface area (Å²) < 4.78 is 0. The van der Waals surface area contributed by atoms with Gasteiger partial charge in [-0.15, -0.1) is 11.3 Å². The van der Waals surface area contributed by atoms with E-state index in [0.29, 0.717) is 11.3 Å². The molecule has 6 heteroatoms. The van der Waals surface area contributed by atoms with Crippen LogP contribution in [0.15, 0.2) is 47.8 Å². The first-order valence-corrected chi connectivity index (χ1v) is 8.66. The summed E-state index contributed by atoms with van der Waals surface area (Å²) in [5, 5.41) is 14.8. The number of rotatable bonds is 7. The fraction of sp³-hybridized carbons (Fsp3) is 0.333. The summed E-state index contributed by atoms with van der Waals surface area (Å²) in [6.45, 7) is 1.83. The van der Waals surface area contributed by atoms with Crippen LogP contribution in [0.5, 0.6) is 0 Å². The summed E-state index contributed by atoms with van der Waals surface area (Å²) in [5.41, 5.74) is 0.823. The Bertz CT molecular complexity index is 658. The minimum absolute atomic E-state index is 0.0114. The van der Waals surface area contributed by atoms with Crippen molar-refractivity contribution in [3.63, 3.8) is 0 Å². The van der Waals surface area contributed by atoms with Crippen LogP contribution in [0.2, 0.25) is 0 Å². The molecule has 2 aromatic rings. The molecule has 0 saturated carbocycles. The molecule has 5 nitrogen and oxygen atoms in total. The summed E-state index contributed by atoms with van der Waals surface area (Å²) in [6.07, 6.45) is -0.217. The Morgan fingerprint density at radius 3 is 2.54 bits per heavy atom. The highest BCUT2D eigenvalue weighted by Crippen LogP contribution is 2.17. The van der Waals surface area contributed by atoms with E-state index in [9.17, 15) is 14.7 Å². The summed E-state index contributed by atoms with van der Waals surface area (Å²) >= 11 is 1.35. The molecule has 0 radical (unpaired) electrons. The minimum atomic E-state index is -0.632. The maximum atomic E-state index is 12.1. The number of hydrogen-bond acceptors (Lipinski definition) is 4. The highest BCUT2D eigenvalue weighted by molar-refractivity contribution is 7.12. The second kappa shape index (κ2) is 8.61. The summed E-state index contributed by atoms with van der Waals surface area (Å²) in [6, 6.07) is 12.7. The van der Waals surface area contributed by atoms with E-state index < -0.39 is 6.10 Å². The van der Waals surface area contributed by atoms with Gasteiger partial charge in [-0.05, 0) is 30.4 Å². The maximum Gasteiger partial charge on any atom is 0.264 e. The van der Waals surface area contributed by atoms with Crippen LogP contribution >= 0.6 is 11.3 Å². The van der Waals surface area contributed by atoms with Crippen LogP contribution in [0.25, 0.3) is 0 Å². The Morgan fingerprint density at radius 1 is 1.21 bits per heavy atom. The fourth-order valence-corrected chi connectivity index (χ4v) is 3.12. The molecule has 2 atom stereocenters. The molecule has 128 valence electrons. The molecule has 1 aromatic heterocycles. The first-order valence-electron chi connectivity index (χ1n) is 7.78. The average molecular weight is 346 g/mol. The molecule has 2 amide bonds. The molecular formula is C18H22N2O3S. The highest BCUT2D eigenvalue weighted by Gasteiger charge is 2.18. The van der Waals surface area contributed by atoms with Gasteiger partial charge >= 0.3 is 0 Å². The SMILES string of the molecule is CC(CC(O)c1ccccc1)NC(=O)CN(C)C(=O)c1cccs1. The monoisotopic (exact) mass is 346 g/mol. The molecule has 1 heterocycles. The van der Waals surface area contributed by atoms with Crippen molar-refractivity contribution in [2.75, 3.05) is 13.6 Å². The van der Waals surface area contributed by atoms with Crippen LogP contribution in [0, 0.1) is 0 Å². The van der Waals surface area contributed by atoms with Crippen LogP contribution in [-0.4, -0.2) is 41.5 Å². The predicted molar refractivity (Wildman–Crippen MR) is 94.9 cm³/mol. The number of nitrogens with one attached hydrogen (secondary N) is 1. The summed E-state index contributed by atoms with van der Waals surface area (Å²) in [7, 11) is 1.60. The average Bonchev–Trinajstić information content (AvgIpc) is 3.08. The topological polar surface area (TPSA) is 69.6 Å². The summed E-state index contributed by atoms with van der Waals surface area (Å²) in [4.78, 5) is 26.2. The van der Waals surface area contributed by atoms with Gasteiger partial charge in [0.15, 0.2) is 0 Å². The number of carbonyl (C=O) groups excluding carboxylic acids is 2. The van der Waals surface area contributed by atoms with Crippen LogP contribution in [0.4, 0.5) is 0 Å². The molecule has 2 N–H and O–H groups in total. The number of aliphatic hydroxyl groups excluding tert-OH is 1. The van der Waals surface area contributed by atoms with Gasteiger partial charge in [0, 0.05) is 13.1 Å². The highest BCUT2D eigenvalue weighted by atomic mass is 32.1. The van der Waals surface area contributed by atoms with Crippen LogP contribution in [0.1, 0.15) is 34.7 Å². The van der Waals surface area contributed by atoms with E-state index in [-0.39, 0.29) is 24.4 Å². The molecule has 0 aliphatic carbocycles. The van der Waals surface area contributed by atoms with Gasteiger partial charge in [-0.2, -0.15) is 0 Å². The number of nitrogens with zero attached hydrogens (tertiary/aromatic N) is 1. The van der Waals surface area contributed by atoms with Crippen molar-refractivity contribution in [1.82, 2.24) is 10.2 Å². The third-order valence-corrected chi connectivity index (χ3v) is 4.49. The zero-order valence-corrected chi connectivity index (χ0v) is 14.6. The van der Waals surface area contributed by atoms with Gasteiger partial charge in [0.05, 0.1) is 17.5 Å². The van der Waals surface area contributed by atoms with Crippen molar-refractivity contribution in [2.45, 2.75) is 25.5 Å². The van der Waals surface area contributed by atoms with E-state index in [0.717, 1.165) is 5.56 Å². The lowest BCUT2D eigenvalue weighted by Crippen LogP contribution is -2.42. The molecule has 1 aromatic carbocycles. The smallest absolute Gasteiger partial charge is 0.264 e. The van der Waals surface area contributed by atoms with Gasteiger partial charge in [-0.25, -0.2) is 0 Å². The van der Waals surface area contributed by atoms with Gasteiger partial charge in [0.2, 0.25) is 5.91 Å². The predicted octanol–water partition coefficient (Wildman–Crippen LogP) is 2.45. The number of likely N-dealkylation sites (N-methyl/N-ethyl adjacent to an activating group) is 1. The van der Waals surface area contributed by atoms with E-state index in [1.807, 2.05) is 42.6 Å². The molecular weight excluding hydrogens is 324 g/mol. The number of amides is 2. The quantitative estimate of drug-likeness (QED) is 0.809. The first kappa shape index (κ1) is 18.2. The molecule has 24 heavy (non-hydrogen) atoms. The van der Waals surface area contributed by atoms with Crippen LogP contribution in [-0.2, 0) is 4.79 Å². The Labute approximate surface area is 145 Å². The zero-order valence-electron chi connectivity index (χ0n) is 13.8. The maximum absolute atomic E-state index is 12.1. The molecule has 0 saturated heterocycles. The molecule has 0 aliphatic heterocycles. The van der Waals surface area contributed by atoms with Gasteiger partial charge in [-0.1, -0.05) is 36.4 Å². The molecule has 0 bridgehead atoms. The minimum Gasteiger partial charge on any atom is -0.388 e. The van der Waals surface area contributed by atoms with E-state index in [4.69, 9.17) is 0 Å². The third kappa shape index (κ3) is 5.18. The largest absolute Gasteiger partial charge is 0.388 e. The Balaban J connectivity index is 1.80. The van der Waals surface area contributed by atoms with E-state index >= 15 is 0 Å². The lowest BCUT2D eigenvalue weighted by Gasteiger charge is -2.21. The van der Waals surface area contributed by atoms with Crippen molar-refractivity contribution >= 4 is 23.2 Å². The number of hydrogen-bond donors (Lipinski definition) is 2. The Kier molecular flexibility index (Phi) is 6.52. The fourth-order valence-electron chi connectivity index (χ4n) is 2.40. The number of benzene rings is 1. The van der Waals surface area contributed by atoms with Crippen LogP contribution < -0.4 is 5.32 Å². The Morgan fingerprint density at radius 2 is 1.92 bits per heavy atom. The molecule has 0 spiro atoms. The van der Waals surface area contributed by atoms with Crippen LogP contribution in [0.3, 0.4) is 0 Å². The summed E-state index contributed by atoms with van der Waals surface area (Å²) in [5.74, 6) is -0.410. The molecule has 2 unspecified atom stereocenters. The van der Waals surface area contributed by atoms with Crippen molar-refractivity contribution < 1.29 is 14.7 Å². The van der Waals surface area contributed by atoms with Gasteiger partial charge in [-0.3, -0.25) is 9.59 Å². The molecule has 2 rings (SSSR count). The zero-order chi connectivity index (χ0) is 17.5. The second-order valence-electron chi connectivity index (χ2n) is 5.77. The van der Waals surface area contributed by atoms with Gasteiger partial charge in [0.1, 0.15) is 0 Å². The van der Waals surface area contributed by atoms with E-state index in [1.165, 1.54) is 16.2 Å². The number of carbonyl (C=O) groups is 2. The van der Waals surface area contributed by atoms with Gasteiger partial charge in [0.25, 0.3) is 5.91 Å². The van der Waals surface area contributed by atoms with E-state index in [1.54, 1.807) is 19.2 Å². The standard InChI is InChI=1S/C18H22N2O3S/c1-13(11-15(21)14-7-4-3-5-8-14)19-17(22)12-20(2)18(23)16-9-6-10-24-16/h3-10,13,15,21H,11-12H2,1-2H3,(H,19,22). The van der Waals surface area contributed by atoms with E-state index in [2.05, 4.69) is 5.32 Å². The number of thiophene rings is 1. The number of aliphatic hydroxyl groups is 1. The second-order valence-corrected chi connectivity index (χ2v) is 6.72.